The first-order valence-corrected chi connectivity index (χ1v) is 7.30. The van der Waals surface area contributed by atoms with E-state index in [1.54, 1.807) is 16.2 Å². The standard InChI is InChI=1S/C11H9BrN2OS2/c12-6-1-2-9-8(3-6)13-11(17-9)14-5-7(16)4-10(14)15/h1-3,7,16H,4-5H2. The summed E-state index contributed by atoms with van der Waals surface area (Å²) in [5.74, 6) is 0.114. The fraction of sp³-hybridized carbons (Fsp3) is 0.273. The number of amides is 1. The van der Waals surface area contributed by atoms with Gasteiger partial charge in [0.25, 0.3) is 0 Å². The van der Waals surface area contributed by atoms with Crippen molar-refractivity contribution in [1.29, 1.82) is 0 Å². The maximum absolute atomic E-state index is 11.8. The number of thiazole rings is 1. The summed E-state index contributed by atoms with van der Waals surface area (Å²) in [6.45, 7) is 0.656. The minimum Gasteiger partial charge on any atom is -0.287 e. The molecule has 1 saturated heterocycles. The van der Waals surface area contributed by atoms with E-state index in [9.17, 15) is 4.79 Å². The Morgan fingerprint density at radius 3 is 3.06 bits per heavy atom. The van der Waals surface area contributed by atoms with Crippen LogP contribution >= 0.6 is 39.9 Å². The monoisotopic (exact) mass is 328 g/mol. The van der Waals surface area contributed by atoms with Gasteiger partial charge in [-0.15, -0.1) is 0 Å². The molecule has 0 saturated carbocycles. The number of carbonyl (C=O) groups is 1. The van der Waals surface area contributed by atoms with Crippen LogP contribution in [0.4, 0.5) is 5.13 Å². The van der Waals surface area contributed by atoms with Crippen LogP contribution in [0.3, 0.4) is 0 Å². The lowest BCUT2D eigenvalue weighted by molar-refractivity contribution is -0.117. The molecule has 88 valence electrons. The number of nitrogens with zero attached hydrogens (tertiary/aromatic N) is 2. The molecule has 1 unspecified atom stereocenters. The van der Waals surface area contributed by atoms with Crippen molar-refractivity contribution < 1.29 is 4.79 Å². The van der Waals surface area contributed by atoms with Crippen molar-refractivity contribution in [2.24, 2.45) is 0 Å². The molecule has 2 heterocycles. The quantitative estimate of drug-likeness (QED) is 0.816. The lowest BCUT2D eigenvalue weighted by Crippen LogP contribution is -2.24. The Labute approximate surface area is 116 Å². The van der Waals surface area contributed by atoms with Crippen molar-refractivity contribution in [3.63, 3.8) is 0 Å². The number of halogens is 1. The number of anilines is 1. The highest BCUT2D eigenvalue weighted by Crippen LogP contribution is 2.33. The van der Waals surface area contributed by atoms with Gasteiger partial charge in [0.05, 0.1) is 10.2 Å². The first kappa shape index (κ1) is 11.5. The number of carbonyl (C=O) groups excluding carboxylic acids is 1. The highest BCUT2D eigenvalue weighted by molar-refractivity contribution is 9.10. The average molecular weight is 329 g/mol. The number of aromatic nitrogens is 1. The van der Waals surface area contributed by atoms with E-state index in [0.717, 1.165) is 19.8 Å². The zero-order chi connectivity index (χ0) is 12.0. The molecule has 1 aliphatic rings. The van der Waals surface area contributed by atoms with Crippen LogP contribution in [0.2, 0.25) is 0 Å². The molecule has 0 radical (unpaired) electrons. The van der Waals surface area contributed by atoms with Gasteiger partial charge in [0.2, 0.25) is 5.91 Å². The Hall–Kier alpha value is -0.590. The normalized spacial score (nSPS) is 20.5. The van der Waals surface area contributed by atoms with Gasteiger partial charge in [0.15, 0.2) is 5.13 Å². The van der Waals surface area contributed by atoms with Crippen LogP contribution in [0.25, 0.3) is 10.2 Å². The summed E-state index contributed by atoms with van der Waals surface area (Å²) >= 11 is 9.31. The number of thiol groups is 1. The van der Waals surface area contributed by atoms with E-state index in [1.165, 1.54) is 0 Å². The lowest BCUT2D eigenvalue weighted by atomic mass is 10.3. The van der Waals surface area contributed by atoms with Gasteiger partial charge in [-0.1, -0.05) is 27.3 Å². The van der Waals surface area contributed by atoms with Crippen LogP contribution in [0.15, 0.2) is 22.7 Å². The summed E-state index contributed by atoms with van der Waals surface area (Å²) in [5, 5.41) is 0.904. The van der Waals surface area contributed by atoms with Crippen LogP contribution in [-0.4, -0.2) is 22.7 Å². The van der Waals surface area contributed by atoms with Gasteiger partial charge in [0.1, 0.15) is 0 Å². The maximum atomic E-state index is 11.8. The lowest BCUT2D eigenvalue weighted by Gasteiger charge is -2.10. The third-order valence-electron chi connectivity index (χ3n) is 2.67. The molecular weight excluding hydrogens is 320 g/mol. The summed E-state index contributed by atoms with van der Waals surface area (Å²) in [5.41, 5.74) is 0.926. The van der Waals surface area contributed by atoms with Crippen LogP contribution < -0.4 is 4.90 Å². The Morgan fingerprint density at radius 2 is 2.35 bits per heavy atom. The largest absolute Gasteiger partial charge is 0.287 e. The summed E-state index contributed by atoms with van der Waals surface area (Å²) in [4.78, 5) is 18.0. The average Bonchev–Trinajstić information content (AvgIpc) is 2.80. The Bertz CT molecular complexity index is 598. The minimum absolute atomic E-state index is 0.114. The van der Waals surface area contributed by atoms with Gasteiger partial charge in [-0.2, -0.15) is 12.6 Å². The molecule has 1 amide bonds. The Balaban J connectivity index is 2.03. The van der Waals surface area contributed by atoms with Crippen molar-refractivity contribution in [2.45, 2.75) is 11.7 Å². The fourth-order valence-electron chi connectivity index (χ4n) is 1.88. The highest BCUT2D eigenvalue weighted by Gasteiger charge is 2.30. The van der Waals surface area contributed by atoms with E-state index in [-0.39, 0.29) is 11.2 Å². The topological polar surface area (TPSA) is 33.2 Å². The van der Waals surface area contributed by atoms with Crippen molar-refractivity contribution in [2.75, 3.05) is 11.4 Å². The third kappa shape index (κ3) is 2.09. The van der Waals surface area contributed by atoms with Crippen LogP contribution in [0.5, 0.6) is 0 Å². The molecule has 0 bridgehead atoms. The summed E-state index contributed by atoms with van der Waals surface area (Å²) in [7, 11) is 0. The zero-order valence-electron chi connectivity index (χ0n) is 8.76. The van der Waals surface area contributed by atoms with E-state index >= 15 is 0 Å². The molecule has 0 N–H and O–H groups in total. The smallest absolute Gasteiger partial charge is 0.229 e. The number of benzene rings is 1. The van der Waals surface area contributed by atoms with Crippen LogP contribution in [0.1, 0.15) is 6.42 Å². The predicted octanol–water partition coefficient (Wildman–Crippen LogP) is 3.09. The second-order valence-corrected chi connectivity index (χ2v) is 6.63. The van der Waals surface area contributed by atoms with E-state index in [2.05, 4.69) is 33.5 Å². The second-order valence-electron chi connectivity index (χ2n) is 3.97. The first-order chi connectivity index (χ1) is 8.13. The second kappa shape index (κ2) is 4.26. The molecule has 3 nitrogen and oxygen atoms in total. The molecule has 1 aromatic carbocycles. The van der Waals surface area contributed by atoms with E-state index in [0.29, 0.717) is 13.0 Å². The molecule has 6 heteroatoms. The molecule has 1 fully saturated rings. The van der Waals surface area contributed by atoms with Gasteiger partial charge in [0, 0.05) is 22.7 Å². The summed E-state index contributed by atoms with van der Waals surface area (Å²) in [6.07, 6.45) is 0.503. The van der Waals surface area contributed by atoms with E-state index in [1.807, 2.05) is 18.2 Å². The van der Waals surface area contributed by atoms with E-state index < -0.39 is 0 Å². The highest BCUT2D eigenvalue weighted by atomic mass is 79.9. The van der Waals surface area contributed by atoms with Gasteiger partial charge >= 0.3 is 0 Å². The number of fused-ring (bicyclic) bond motifs is 1. The minimum atomic E-state index is 0.114. The fourth-order valence-corrected chi connectivity index (χ4v) is 3.52. The zero-order valence-corrected chi connectivity index (χ0v) is 12.1. The van der Waals surface area contributed by atoms with Crippen LogP contribution in [-0.2, 0) is 4.79 Å². The van der Waals surface area contributed by atoms with Gasteiger partial charge < -0.3 is 0 Å². The Kier molecular flexibility index (Phi) is 2.88. The van der Waals surface area contributed by atoms with Gasteiger partial charge in [-0.25, -0.2) is 4.98 Å². The van der Waals surface area contributed by atoms with E-state index in [4.69, 9.17) is 0 Å². The van der Waals surface area contributed by atoms with Gasteiger partial charge in [-0.3, -0.25) is 9.69 Å². The summed E-state index contributed by atoms with van der Waals surface area (Å²) in [6, 6.07) is 5.96. The van der Waals surface area contributed by atoms with Crippen molar-refractivity contribution >= 4 is 61.2 Å². The Morgan fingerprint density at radius 1 is 1.53 bits per heavy atom. The number of hydrogen-bond donors (Lipinski definition) is 1. The molecule has 17 heavy (non-hydrogen) atoms. The molecule has 1 aliphatic heterocycles. The van der Waals surface area contributed by atoms with Crippen molar-refractivity contribution in [1.82, 2.24) is 4.98 Å². The van der Waals surface area contributed by atoms with Crippen molar-refractivity contribution in [3.8, 4) is 0 Å². The molecule has 1 aromatic heterocycles. The van der Waals surface area contributed by atoms with Gasteiger partial charge in [-0.05, 0) is 18.2 Å². The molecule has 2 aromatic rings. The number of rotatable bonds is 1. The number of hydrogen-bond acceptors (Lipinski definition) is 4. The SMILES string of the molecule is O=C1CC(S)CN1c1nc2cc(Br)ccc2s1. The molecular formula is C11H9BrN2OS2. The molecule has 0 spiro atoms. The molecule has 1 atom stereocenters. The summed E-state index contributed by atoms with van der Waals surface area (Å²) < 4.78 is 2.10. The first-order valence-electron chi connectivity index (χ1n) is 5.18. The molecule has 0 aliphatic carbocycles. The molecule has 3 rings (SSSR count). The maximum Gasteiger partial charge on any atom is 0.229 e. The van der Waals surface area contributed by atoms with Crippen LogP contribution in [0, 0.1) is 0 Å². The third-order valence-corrected chi connectivity index (χ3v) is 4.57. The van der Waals surface area contributed by atoms with Crippen molar-refractivity contribution in [3.05, 3.63) is 22.7 Å². The predicted molar refractivity (Wildman–Crippen MR) is 77.1 cm³/mol.